The second kappa shape index (κ2) is 5.56. The lowest BCUT2D eigenvalue weighted by Crippen LogP contribution is -2.00. The van der Waals surface area contributed by atoms with Crippen molar-refractivity contribution in [2.75, 3.05) is 18.9 Å². The van der Waals surface area contributed by atoms with Crippen LogP contribution in [0.25, 0.3) is 4.85 Å². The van der Waals surface area contributed by atoms with Gasteiger partial charge in [-0.3, -0.25) is 10.1 Å². The molecule has 84 valence electrons. The third kappa shape index (κ3) is 3.13. The van der Waals surface area contributed by atoms with Crippen molar-refractivity contribution in [2.24, 2.45) is 0 Å². The Kier molecular flexibility index (Phi) is 4.09. The number of rotatable bonds is 5. The average molecular weight is 221 g/mol. The average Bonchev–Trinajstić information content (AvgIpc) is 2.24. The SMILES string of the molecule is [C-]#[N+]CCCOc1ccc([N+](=O)[O-])c(N)c1. The molecule has 0 heterocycles. The van der Waals surface area contributed by atoms with Crippen LogP contribution in [-0.2, 0) is 0 Å². The van der Waals surface area contributed by atoms with Gasteiger partial charge >= 0.3 is 0 Å². The first-order valence-electron chi connectivity index (χ1n) is 4.65. The van der Waals surface area contributed by atoms with Gasteiger partial charge in [-0.1, -0.05) is 0 Å². The normalized spacial score (nSPS) is 9.44. The van der Waals surface area contributed by atoms with Gasteiger partial charge in [-0.25, -0.2) is 6.57 Å². The van der Waals surface area contributed by atoms with Gasteiger partial charge in [-0.05, 0) is 6.07 Å². The highest BCUT2D eigenvalue weighted by Crippen LogP contribution is 2.25. The van der Waals surface area contributed by atoms with E-state index in [9.17, 15) is 10.1 Å². The number of hydrogen-bond acceptors (Lipinski definition) is 4. The molecule has 0 aliphatic rings. The predicted octanol–water partition coefficient (Wildman–Crippen LogP) is 1.87. The highest BCUT2D eigenvalue weighted by molar-refractivity contribution is 5.60. The van der Waals surface area contributed by atoms with Crippen LogP contribution in [0.15, 0.2) is 18.2 Å². The van der Waals surface area contributed by atoms with Gasteiger partial charge in [0.1, 0.15) is 11.4 Å². The first kappa shape index (κ1) is 11.8. The minimum Gasteiger partial charge on any atom is -0.493 e. The van der Waals surface area contributed by atoms with Crippen LogP contribution in [0, 0.1) is 16.7 Å². The lowest BCUT2D eigenvalue weighted by molar-refractivity contribution is -0.383. The van der Waals surface area contributed by atoms with E-state index >= 15 is 0 Å². The number of nitro benzene ring substituents is 1. The Morgan fingerprint density at radius 1 is 1.56 bits per heavy atom. The summed E-state index contributed by atoms with van der Waals surface area (Å²) in [6.45, 7) is 7.38. The molecule has 0 atom stereocenters. The Morgan fingerprint density at radius 2 is 2.31 bits per heavy atom. The summed E-state index contributed by atoms with van der Waals surface area (Å²) >= 11 is 0. The number of benzene rings is 1. The molecule has 0 unspecified atom stereocenters. The molecule has 0 saturated carbocycles. The Morgan fingerprint density at radius 3 is 2.88 bits per heavy atom. The van der Waals surface area contributed by atoms with Crippen molar-refractivity contribution in [3.8, 4) is 5.75 Å². The standard InChI is InChI=1S/C10H11N3O3/c1-12-5-2-6-16-8-3-4-10(13(14)15)9(11)7-8/h3-4,7H,2,5-6,11H2. The van der Waals surface area contributed by atoms with Crippen LogP contribution >= 0.6 is 0 Å². The van der Waals surface area contributed by atoms with Gasteiger partial charge < -0.3 is 15.3 Å². The zero-order valence-electron chi connectivity index (χ0n) is 8.55. The maximum absolute atomic E-state index is 10.5. The van der Waals surface area contributed by atoms with Gasteiger partial charge in [-0.2, -0.15) is 0 Å². The molecule has 1 aromatic carbocycles. The summed E-state index contributed by atoms with van der Waals surface area (Å²) in [6.07, 6.45) is 0.625. The van der Waals surface area contributed by atoms with E-state index in [4.69, 9.17) is 17.0 Å². The van der Waals surface area contributed by atoms with Crippen LogP contribution < -0.4 is 10.5 Å². The number of hydrogen-bond donors (Lipinski definition) is 1. The molecule has 16 heavy (non-hydrogen) atoms. The number of nitrogen functional groups attached to an aromatic ring is 1. The second-order valence-electron chi connectivity index (χ2n) is 3.06. The number of nitro groups is 1. The molecule has 1 rings (SSSR count). The monoisotopic (exact) mass is 221 g/mol. The maximum Gasteiger partial charge on any atom is 0.292 e. The van der Waals surface area contributed by atoms with Crippen molar-refractivity contribution in [2.45, 2.75) is 6.42 Å². The minimum absolute atomic E-state index is 0.0766. The van der Waals surface area contributed by atoms with Crippen molar-refractivity contribution < 1.29 is 9.66 Å². The van der Waals surface area contributed by atoms with E-state index in [1.165, 1.54) is 18.2 Å². The van der Waals surface area contributed by atoms with Gasteiger partial charge in [0, 0.05) is 12.1 Å². The molecule has 0 aliphatic heterocycles. The number of ether oxygens (including phenoxy) is 1. The van der Waals surface area contributed by atoms with Gasteiger partial charge in [-0.15, -0.1) is 0 Å². The molecule has 0 radical (unpaired) electrons. The molecular weight excluding hydrogens is 210 g/mol. The molecule has 6 heteroatoms. The van der Waals surface area contributed by atoms with Gasteiger partial charge in [0.25, 0.3) is 5.69 Å². The van der Waals surface area contributed by atoms with Crippen molar-refractivity contribution in [1.29, 1.82) is 0 Å². The summed E-state index contributed by atoms with van der Waals surface area (Å²) in [5.74, 6) is 0.480. The molecule has 0 bridgehead atoms. The fourth-order valence-corrected chi connectivity index (χ4v) is 1.12. The second-order valence-corrected chi connectivity index (χ2v) is 3.06. The van der Waals surface area contributed by atoms with Crippen LogP contribution in [0.4, 0.5) is 11.4 Å². The Hall–Kier alpha value is -2.29. The van der Waals surface area contributed by atoms with E-state index < -0.39 is 4.92 Å². The van der Waals surface area contributed by atoms with E-state index in [0.717, 1.165) is 0 Å². The molecule has 0 spiro atoms. The highest BCUT2D eigenvalue weighted by atomic mass is 16.6. The largest absolute Gasteiger partial charge is 0.493 e. The van der Waals surface area contributed by atoms with Crippen LogP contribution in [0.1, 0.15) is 6.42 Å². The minimum atomic E-state index is -0.544. The van der Waals surface area contributed by atoms with Crippen LogP contribution in [0.2, 0.25) is 0 Å². The molecule has 6 nitrogen and oxygen atoms in total. The first-order valence-corrected chi connectivity index (χ1v) is 4.65. The van der Waals surface area contributed by atoms with Gasteiger partial charge in [0.2, 0.25) is 6.54 Å². The number of nitrogens with zero attached hydrogens (tertiary/aromatic N) is 2. The zero-order chi connectivity index (χ0) is 12.0. The third-order valence-corrected chi connectivity index (χ3v) is 1.88. The van der Waals surface area contributed by atoms with E-state index in [0.29, 0.717) is 25.3 Å². The van der Waals surface area contributed by atoms with E-state index in [2.05, 4.69) is 4.85 Å². The van der Waals surface area contributed by atoms with E-state index in [1.807, 2.05) is 0 Å². The maximum atomic E-state index is 10.5. The molecule has 0 aromatic heterocycles. The lowest BCUT2D eigenvalue weighted by Gasteiger charge is -2.04. The topological polar surface area (TPSA) is 82.8 Å². The van der Waals surface area contributed by atoms with E-state index in [-0.39, 0.29) is 11.4 Å². The van der Waals surface area contributed by atoms with Crippen molar-refractivity contribution in [3.05, 3.63) is 39.7 Å². The van der Waals surface area contributed by atoms with Crippen LogP contribution in [0.5, 0.6) is 5.75 Å². The highest BCUT2D eigenvalue weighted by Gasteiger charge is 2.11. The van der Waals surface area contributed by atoms with Gasteiger partial charge in [0.05, 0.1) is 18.0 Å². The van der Waals surface area contributed by atoms with Crippen molar-refractivity contribution in [3.63, 3.8) is 0 Å². The lowest BCUT2D eigenvalue weighted by atomic mass is 10.2. The van der Waals surface area contributed by atoms with Crippen LogP contribution in [-0.4, -0.2) is 18.1 Å². The quantitative estimate of drug-likeness (QED) is 0.270. The Bertz CT molecular complexity index is 426. The summed E-state index contributed by atoms with van der Waals surface area (Å²) in [4.78, 5) is 13.1. The Balaban J connectivity index is 2.60. The molecule has 1 aromatic rings. The summed E-state index contributed by atoms with van der Waals surface area (Å²) in [6, 6.07) is 4.21. The molecule has 0 fully saturated rings. The number of nitrogens with two attached hydrogens (primary N) is 1. The molecule has 0 amide bonds. The summed E-state index contributed by atoms with van der Waals surface area (Å²) in [5, 5.41) is 10.5. The fraction of sp³-hybridized carbons (Fsp3) is 0.300. The molecule has 0 saturated heterocycles. The summed E-state index contributed by atoms with van der Waals surface area (Å²) < 4.78 is 5.28. The zero-order valence-corrected chi connectivity index (χ0v) is 8.55. The third-order valence-electron chi connectivity index (χ3n) is 1.88. The fourth-order valence-electron chi connectivity index (χ4n) is 1.12. The Labute approximate surface area is 92.6 Å². The summed E-state index contributed by atoms with van der Waals surface area (Å²) in [7, 11) is 0. The smallest absolute Gasteiger partial charge is 0.292 e. The van der Waals surface area contributed by atoms with Crippen molar-refractivity contribution in [1.82, 2.24) is 0 Å². The number of anilines is 1. The predicted molar refractivity (Wildman–Crippen MR) is 59.1 cm³/mol. The molecular formula is C10H11N3O3. The molecule has 0 aliphatic carbocycles. The first-order chi connectivity index (χ1) is 7.65. The van der Waals surface area contributed by atoms with E-state index in [1.54, 1.807) is 0 Å². The molecule has 2 N–H and O–H groups in total. The summed E-state index contributed by atoms with van der Waals surface area (Å²) in [5.41, 5.74) is 5.43. The van der Waals surface area contributed by atoms with Crippen LogP contribution in [0.3, 0.4) is 0 Å². The van der Waals surface area contributed by atoms with Crippen molar-refractivity contribution >= 4 is 11.4 Å². The van der Waals surface area contributed by atoms with Gasteiger partial charge in [0.15, 0.2) is 0 Å².